The molecule has 0 spiro atoms. The van der Waals surface area contributed by atoms with Crippen LogP contribution in [-0.4, -0.2) is 65.2 Å². The zero-order valence-corrected chi connectivity index (χ0v) is 14.0. The van der Waals surface area contributed by atoms with Gasteiger partial charge in [0.15, 0.2) is 0 Å². The number of phenols is 1. The van der Waals surface area contributed by atoms with E-state index in [1.807, 2.05) is 23.9 Å². The smallest absolute Gasteiger partial charge is 0.220 e. The minimum Gasteiger partial charge on any atom is -0.507 e. The van der Waals surface area contributed by atoms with E-state index in [1.165, 1.54) is 6.92 Å². The fraction of sp³-hybridized carbons (Fsp3) is 0.500. The highest BCUT2D eigenvalue weighted by Gasteiger charge is 2.39. The number of hydrogen-bond donors (Lipinski definition) is 2. The first-order chi connectivity index (χ1) is 11.1. The monoisotopic (exact) mass is 335 g/mol. The van der Waals surface area contributed by atoms with E-state index in [0.29, 0.717) is 30.7 Å². The van der Waals surface area contributed by atoms with Crippen molar-refractivity contribution in [2.75, 3.05) is 26.0 Å². The minimum absolute atomic E-state index is 0.00379. The summed E-state index contributed by atoms with van der Waals surface area (Å²) >= 11 is 1.83. The van der Waals surface area contributed by atoms with Crippen molar-refractivity contribution in [3.63, 3.8) is 0 Å². The number of phenolic OH excluding ortho intramolecular Hbond substituents is 1. The Hall–Kier alpha value is -1.73. The second kappa shape index (κ2) is 6.80. The molecule has 1 aromatic rings. The van der Waals surface area contributed by atoms with Gasteiger partial charge in [0, 0.05) is 25.3 Å². The van der Waals surface area contributed by atoms with Gasteiger partial charge < -0.3 is 15.2 Å². The number of nitrogens with zero attached hydrogens (tertiary/aromatic N) is 2. The normalized spacial score (nSPS) is 27.6. The Bertz CT molecular complexity index is 622. The molecule has 0 aliphatic carbocycles. The van der Waals surface area contributed by atoms with Crippen LogP contribution in [0.15, 0.2) is 29.3 Å². The molecule has 0 aromatic heterocycles. The third kappa shape index (κ3) is 3.45. The quantitative estimate of drug-likeness (QED) is 0.860. The van der Waals surface area contributed by atoms with Crippen LogP contribution in [0.1, 0.15) is 12.5 Å². The number of hydrogen-bond acceptors (Lipinski definition) is 6. The molecule has 2 heterocycles. The molecule has 1 amide bonds. The number of ether oxygens (including phenoxy) is 1. The number of aliphatic imine (C=N–C) groups is 1. The first-order valence-electron chi connectivity index (χ1n) is 7.63. The maximum Gasteiger partial charge on any atom is 0.220 e. The summed E-state index contributed by atoms with van der Waals surface area (Å²) in [4.78, 5) is 18.0. The minimum atomic E-state index is -0.00379. The highest BCUT2D eigenvalue weighted by molar-refractivity contribution is 8.00. The number of rotatable bonds is 4. The molecular formula is C16H21N3O3S. The number of benzene rings is 1. The van der Waals surface area contributed by atoms with Crippen LogP contribution in [-0.2, 0) is 9.53 Å². The summed E-state index contributed by atoms with van der Waals surface area (Å²) in [6.07, 6.45) is 0. The van der Waals surface area contributed by atoms with Crippen molar-refractivity contribution in [3.8, 4) is 5.75 Å². The molecule has 7 heteroatoms. The van der Waals surface area contributed by atoms with Crippen molar-refractivity contribution in [1.82, 2.24) is 10.2 Å². The lowest BCUT2D eigenvalue weighted by Gasteiger charge is -2.26. The van der Waals surface area contributed by atoms with E-state index in [9.17, 15) is 9.90 Å². The maximum atomic E-state index is 11.1. The van der Waals surface area contributed by atoms with Crippen LogP contribution in [0.4, 0.5) is 0 Å². The number of amides is 1. The molecule has 0 bridgehead atoms. The molecule has 0 saturated carbocycles. The van der Waals surface area contributed by atoms with Gasteiger partial charge in [-0.3, -0.25) is 9.69 Å². The van der Waals surface area contributed by atoms with Gasteiger partial charge in [-0.25, -0.2) is 4.99 Å². The summed E-state index contributed by atoms with van der Waals surface area (Å²) in [5, 5.41) is 13.0. The first-order valence-corrected chi connectivity index (χ1v) is 8.68. The van der Waals surface area contributed by atoms with E-state index in [4.69, 9.17) is 4.74 Å². The van der Waals surface area contributed by atoms with Crippen LogP contribution in [0, 0.1) is 0 Å². The van der Waals surface area contributed by atoms with E-state index < -0.39 is 0 Å². The van der Waals surface area contributed by atoms with Gasteiger partial charge >= 0.3 is 0 Å². The van der Waals surface area contributed by atoms with Gasteiger partial charge in [0.25, 0.3) is 0 Å². The van der Waals surface area contributed by atoms with Gasteiger partial charge in [0.05, 0.1) is 10.9 Å². The first kappa shape index (κ1) is 16.1. The average molecular weight is 335 g/mol. The SMILES string of the molecule is CC(=O)NCC1CSC(C2COC(c3ccccc3O)=N2)N1C. The second-order valence-electron chi connectivity index (χ2n) is 5.81. The molecule has 6 nitrogen and oxygen atoms in total. The Morgan fingerprint density at radius 2 is 2.30 bits per heavy atom. The highest BCUT2D eigenvalue weighted by Crippen LogP contribution is 2.33. The lowest BCUT2D eigenvalue weighted by Crippen LogP contribution is -2.44. The number of likely N-dealkylation sites (N-methyl/N-ethyl adjacent to an activating group) is 1. The fourth-order valence-electron chi connectivity index (χ4n) is 2.84. The van der Waals surface area contributed by atoms with E-state index >= 15 is 0 Å². The van der Waals surface area contributed by atoms with Crippen LogP contribution in [0.2, 0.25) is 0 Å². The molecule has 3 atom stereocenters. The number of carbonyl (C=O) groups excluding carboxylic acids is 1. The summed E-state index contributed by atoms with van der Waals surface area (Å²) in [7, 11) is 2.06. The van der Waals surface area contributed by atoms with Gasteiger partial charge in [0.1, 0.15) is 18.4 Å². The van der Waals surface area contributed by atoms with E-state index in [0.717, 1.165) is 5.75 Å². The summed E-state index contributed by atoms with van der Waals surface area (Å²) in [6.45, 7) is 2.70. The molecule has 2 N–H and O–H groups in total. The predicted octanol–water partition coefficient (Wildman–Crippen LogP) is 1.05. The molecule has 3 rings (SSSR count). The Morgan fingerprint density at radius 1 is 1.52 bits per heavy atom. The van der Waals surface area contributed by atoms with Crippen LogP contribution in [0.3, 0.4) is 0 Å². The predicted molar refractivity (Wildman–Crippen MR) is 90.9 cm³/mol. The Labute approximate surface area is 139 Å². The third-order valence-electron chi connectivity index (χ3n) is 4.16. The van der Waals surface area contributed by atoms with Crippen LogP contribution < -0.4 is 5.32 Å². The van der Waals surface area contributed by atoms with Crippen molar-refractivity contribution >= 4 is 23.6 Å². The van der Waals surface area contributed by atoms with Crippen LogP contribution >= 0.6 is 11.8 Å². The Kier molecular flexibility index (Phi) is 4.77. The molecule has 124 valence electrons. The molecule has 3 unspecified atom stereocenters. The van der Waals surface area contributed by atoms with Gasteiger partial charge in [0.2, 0.25) is 11.8 Å². The highest BCUT2D eigenvalue weighted by atomic mass is 32.2. The van der Waals surface area contributed by atoms with Crippen molar-refractivity contribution in [3.05, 3.63) is 29.8 Å². The number of thioether (sulfide) groups is 1. The van der Waals surface area contributed by atoms with Gasteiger partial charge in [-0.05, 0) is 19.2 Å². The number of nitrogens with one attached hydrogen (secondary N) is 1. The van der Waals surface area contributed by atoms with Crippen LogP contribution in [0.5, 0.6) is 5.75 Å². The van der Waals surface area contributed by atoms with Crippen molar-refractivity contribution in [2.45, 2.75) is 24.4 Å². The van der Waals surface area contributed by atoms with Crippen molar-refractivity contribution in [2.24, 2.45) is 4.99 Å². The van der Waals surface area contributed by atoms with Crippen molar-refractivity contribution < 1.29 is 14.6 Å². The number of aromatic hydroxyl groups is 1. The van der Waals surface area contributed by atoms with Gasteiger partial charge in [-0.1, -0.05) is 12.1 Å². The van der Waals surface area contributed by atoms with E-state index in [-0.39, 0.29) is 23.1 Å². The molecule has 23 heavy (non-hydrogen) atoms. The van der Waals surface area contributed by atoms with E-state index in [2.05, 4.69) is 22.3 Å². The maximum absolute atomic E-state index is 11.1. The summed E-state index contributed by atoms with van der Waals surface area (Å²) < 4.78 is 5.71. The van der Waals surface area contributed by atoms with Crippen molar-refractivity contribution in [1.29, 1.82) is 0 Å². The topological polar surface area (TPSA) is 74.2 Å². The summed E-state index contributed by atoms with van der Waals surface area (Å²) in [5.41, 5.74) is 0.635. The largest absolute Gasteiger partial charge is 0.507 e. The molecule has 2 aliphatic heterocycles. The molecule has 2 aliphatic rings. The van der Waals surface area contributed by atoms with E-state index in [1.54, 1.807) is 12.1 Å². The average Bonchev–Trinajstić information content (AvgIpc) is 3.12. The molecule has 1 aromatic carbocycles. The lowest BCUT2D eigenvalue weighted by molar-refractivity contribution is -0.119. The molecule has 1 saturated heterocycles. The Morgan fingerprint density at radius 3 is 3.04 bits per heavy atom. The molecule has 0 radical (unpaired) electrons. The zero-order valence-electron chi connectivity index (χ0n) is 13.2. The van der Waals surface area contributed by atoms with Crippen LogP contribution in [0.25, 0.3) is 0 Å². The number of para-hydroxylation sites is 1. The number of carbonyl (C=O) groups is 1. The van der Waals surface area contributed by atoms with Gasteiger partial charge in [-0.2, -0.15) is 0 Å². The lowest BCUT2D eigenvalue weighted by atomic mass is 10.2. The van der Waals surface area contributed by atoms with Gasteiger partial charge in [-0.15, -0.1) is 11.8 Å². The summed E-state index contributed by atoms with van der Waals surface area (Å²) in [6, 6.07) is 7.41. The Balaban J connectivity index is 1.67. The fourth-order valence-corrected chi connectivity index (χ4v) is 4.38. The standard InChI is InChI=1S/C16H21N3O3S/c1-10(20)17-7-11-9-23-16(19(11)2)13-8-22-15(18-13)12-5-3-4-6-14(12)21/h3-6,11,13,16,21H,7-9H2,1-2H3,(H,17,20). The molecule has 1 fully saturated rings. The third-order valence-corrected chi connectivity index (χ3v) is 5.73. The zero-order chi connectivity index (χ0) is 16.4. The summed E-state index contributed by atoms with van der Waals surface area (Å²) in [5.74, 6) is 1.64. The second-order valence-corrected chi connectivity index (χ2v) is 6.96. The molecular weight excluding hydrogens is 314 g/mol.